The van der Waals surface area contributed by atoms with E-state index in [1.54, 1.807) is 7.11 Å². The van der Waals surface area contributed by atoms with Gasteiger partial charge in [0, 0.05) is 19.1 Å². The van der Waals surface area contributed by atoms with Crippen molar-refractivity contribution in [1.29, 1.82) is 0 Å². The summed E-state index contributed by atoms with van der Waals surface area (Å²) in [5.74, 6) is 0.852. The smallest absolute Gasteiger partial charge is 0.133 e. The molecule has 15 heavy (non-hydrogen) atoms. The number of methoxy groups -OCH3 is 1. The van der Waals surface area contributed by atoms with Crippen molar-refractivity contribution in [3.8, 4) is 5.75 Å². The number of hydrogen-bond acceptors (Lipinski definition) is 3. The number of rotatable bonds is 5. The van der Waals surface area contributed by atoms with Gasteiger partial charge in [-0.25, -0.2) is 0 Å². The monoisotopic (exact) mass is 272 g/mol. The molecule has 3 N–H and O–H groups in total. The average Bonchev–Trinajstić information content (AvgIpc) is 2.26. The molecule has 0 aliphatic carbocycles. The molecule has 0 radical (unpaired) electrons. The standard InChI is InChI=1S/C11H17BrN2O/c1-8(6-13)14-7-9-3-4-11(15-2)10(12)5-9/h3-5,8,14H,6-7,13H2,1-2H3/t8-/m1/s1. The van der Waals surface area contributed by atoms with E-state index in [1.165, 1.54) is 5.56 Å². The van der Waals surface area contributed by atoms with Crippen LogP contribution in [-0.4, -0.2) is 19.7 Å². The molecular formula is C11H17BrN2O. The van der Waals surface area contributed by atoms with Crippen LogP contribution in [0.15, 0.2) is 22.7 Å². The van der Waals surface area contributed by atoms with Crippen molar-refractivity contribution >= 4 is 15.9 Å². The van der Waals surface area contributed by atoms with Crippen molar-refractivity contribution in [3.63, 3.8) is 0 Å². The van der Waals surface area contributed by atoms with Crippen LogP contribution in [0.1, 0.15) is 12.5 Å². The zero-order chi connectivity index (χ0) is 11.3. The third-order valence-corrected chi connectivity index (χ3v) is 2.84. The molecule has 0 fully saturated rings. The maximum Gasteiger partial charge on any atom is 0.133 e. The Hall–Kier alpha value is -0.580. The second-order valence-corrected chi connectivity index (χ2v) is 4.34. The van der Waals surface area contributed by atoms with E-state index in [0.717, 1.165) is 16.8 Å². The van der Waals surface area contributed by atoms with Crippen LogP contribution in [0.4, 0.5) is 0 Å². The van der Waals surface area contributed by atoms with Gasteiger partial charge >= 0.3 is 0 Å². The van der Waals surface area contributed by atoms with Gasteiger partial charge in [0.1, 0.15) is 5.75 Å². The Kier molecular flexibility index (Phi) is 5.08. The summed E-state index contributed by atoms with van der Waals surface area (Å²) in [5, 5.41) is 3.33. The molecule has 0 aromatic heterocycles. The van der Waals surface area contributed by atoms with Gasteiger partial charge in [0.25, 0.3) is 0 Å². The van der Waals surface area contributed by atoms with Gasteiger partial charge in [-0.1, -0.05) is 6.07 Å². The Labute approximate surface area is 99.1 Å². The first kappa shape index (κ1) is 12.5. The quantitative estimate of drug-likeness (QED) is 0.861. The molecule has 4 heteroatoms. The van der Waals surface area contributed by atoms with Crippen molar-refractivity contribution in [2.24, 2.45) is 5.73 Å². The Morgan fingerprint density at radius 3 is 2.80 bits per heavy atom. The minimum absolute atomic E-state index is 0.339. The van der Waals surface area contributed by atoms with Gasteiger partial charge in [0.15, 0.2) is 0 Å². The second-order valence-electron chi connectivity index (χ2n) is 3.49. The van der Waals surface area contributed by atoms with Crippen molar-refractivity contribution < 1.29 is 4.74 Å². The molecule has 0 unspecified atom stereocenters. The molecule has 1 aromatic rings. The average molecular weight is 273 g/mol. The predicted octanol–water partition coefficient (Wildman–Crippen LogP) is 1.89. The first-order valence-electron chi connectivity index (χ1n) is 4.93. The highest BCUT2D eigenvalue weighted by molar-refractivity contribution is 9.10. The summed E-state index contributed by atoms with van der Waals surface area (Å²) >= 11 is 3.45. The molecule has 84 valence electrons. The minimum Gasteiger partial charge on any atom is -0.496 e. The highest BCUT2D eigenvalue weighted by atomic mass is 79.9. The summed E-state index contributed by atoms with van der Waals surface area (Å²) < 4.78 is 6.14. The molecule has 0 aliphatic rings. The third kappa shape index (κ3) is 3.81. The van der Waals surface area contributed by atoms with Crippen LogP contribution in [0.5, 0.6) is 5.75 Å². The Balaban J connectivity index is 2.59. The van der Waals surface area contributed by atoms with Gasteiger partial charge in [-0.05, 0) is 40.5 Å². The third-order valence-electron chi connectivity index (χ3n) is 2.22. The number of benzene rings is 1. The molecular weight excluding hydrogens is 256 g/mol. The number of nitrogens with two attached hydrogens (primary N) is 1. The normalized spacial score (nSPS) is 12.5. The largest absolute Gasteiger partial charge is 0.496 e. The Morgan fingerprint density at radius 1 is 1.53 bits per heavy atom. The van der Waals surface area contributed by atoms with E-state index in [1.807, 2.05) is 12.1 Å². The fourth-order valence-electron chi connectivity index (χ4n) is 1.20. The molecule has 0 heterocycles. The summed E-state index contributed by atoms with van der Waals surface area (Å²) in [5.41, 5.74) is 6.73. The SMILES string of the molecule is COc1ccc(CN[C@H](C)CN)cc1Br. The van der Waals surface area contributed by atoms with Gasteiger partial charge < -0.3 is 15.8 Å². The van der Waals surface area contributed by atoms with Gasteiger partial charge in [-0.2, -0.15) is 0 Å². The van der Waals surface area contributed by atoms with Crippen molar-refractivity contribution in [3.05, 3.63) is 28.2 Å². The summed E-state index contributed by atoms with van der Waals surface area (Å²) in [6, 6.07) is 6.38. The summed E-state index contributed by atoms with van der Waals surface area (Å²) in [6.45, 7) is 3.54. The van der Waals surface area contributed by atoms with Crippen LogP contribution < -0.4 is 15.8 Å². The molecule has 1 atom stereocenters. The minimum atomic E-state index is 0.339. The van der Waals surface area contributed by atoms with E-state index in [-0.39, 0.29) is 0 Å². The summed E-state index contributed by atoms with van der Waals surface area (Å²) in [7, 11) is 1.66. The number of ether oxygens (including phenoxy) is 1. The molecule has 1 rings (SSSR count). The predicted molar refractivity (Wildman–Crippen MR) is 66.1 cm³/mol. The number of hydrogen-bond donors (Lipinski definition) is 2. The van der Waals surface area contributed by atoms with Crippen LogP contribution in [0, 0.1) is 0 Å². The molecule has 0 amide bonds. The summed E-state index contributed by atoms with van der Waals surface area (Å²) in [4.78, 5) is 0. The van der Waals surface area contributed by atoms with Gasteiger partial charge in [-0.15, -0.1) is 0 Å². The van der Waals surface area contributed by atoms with E-state index in [2.05, 4.69) is 34.2 Å². The van der Waals surface area contributed by atoms with Crippen LogP contribution >= 0.6 is 15.9 Å². The highest BCUT2D eigenvalue weighted by Gasteiger charge is 2.02. The topological polar surface area (TPSA) is 47.3 Å². The van der Waals surface area contributed by atoms with E-state index >= 15 is 0 Å². The summed E-state index contributed by atoms with van der Waals surface area (Å²) in [6.07, 6.45) is 0. The van der Waals surface area contributed by atoms with Crippen LogP contribution in [0.25, 0.3) is 0 Å². The Morgan fingerprint density at radius 2 is 2.27 bits per heavy atom. The van der Waals surface area contributed by atoms with Gasteiger partial charge in [-0.3, -0.25) is 0 Å². The van der Waals surface area contributed by atoms with Gasteiger partial charge in [0.2, 0.25) is 0 Å². The molecule has 0 saturated heterocycles. The first-order chi connectivity index (χ1) is 7.17. The van der Waals surface area contributed by atoms with Crippen LogP contribution in [0.3, 0.4) is 0 Å². The number of nitrogens with one attached hydrogen (secondary N) is 1. The molecule has 0 aliphatic heterocycles. The fraction of sp³-hybridized carbons (Fsp3) is 0.455. The van der Waals surface area contributed by atoms with Gasteiger partial charge in [0.05, 0.1) is 11.6 Å². The van der Waals surface area contributed by atoms with Crippen molar-refractivity contribution in [1.82, 2.24) is 5.32 Å². The highest BCUT2D eigenvalue weighted by Crippen LogP contribution is 2.25. The van der Waals surface area contributed by atoms with Crippen molar-refractivity contribution in [2.45, 2.75) is 19.5 Å². The molecule has 0 saturated carbocycles. The maximum absolute atomic E-state index is 5.52. The zero-order valence-corrected chi connectivity index (χ0v) is 10.7. The molecule has 3 nitrogen and oxygen atoms in total. The molecule has 0 bridgehead atoms. The first-order valence-corrected chi connectivity index (χ1v) is 5.72. The van der Waals surface area contributed by atoms with E-state index in [9.17, 15) is 0 Å². The lowest BCUT2D eigenvalue weighted by atomic mass is 10.2. The van der Waals surface area contributed by atoms with E-state index in [0.29, 0.717) is 12.6 Å². The second kappa shape index (κ2) is 6.10. The van der Waals surface area contributed by atoms with E-state index in [4.69, 9.17) is 10.5 Å². The molecule has 1 aromatic carbocycles. The van der Waals surface area contributed by atoms with E-state index < -0.39 is 0 Å². The number of halogens is 1. The lowest BCUT2D eigenvalue weighted by molar-refractivity contribution is 0.412. The molecule has 0 spiro atoms. The maximum atomic E-state index is 5.52. The fourth-order valence-corrected chi connectivity index (χ4v) is 1.78. The lowest BCUT2D eigenvalue weighted by Gasteiger charge is -2.12. The zero-order valence-electron chi connectivity index (χ0n) is 9.09. The van der Waals surface area contributed by atoms with Crippen LogP contribution in [-0.2, 0) is 6.54 Å². The lowest BCUT2D eigenvalue weighted by Crippen LogP contribution is -2.32. The van der Waals surface area contributed by atoms with Crippen LogP contribution in [0.2, 0.25) is 0 Å². The Bertz CT molecular complexity index is 317. The van der Waals surface area contributed by atoms with Crippen molar-refractivity contribution in [2.75, 3.05) is 13.7 Å².